The van der Waals surface area contributed by atoms with Crippen molar-refractivity contribution in [3.05, 3.63) is 25.9 Å². The summed E-state index contributed by atoms with van der Waals surface area (Å²) < 4.78 is 6.56. The van der Waals surface area contributed by atoms with Crippen molar-refractivity contribution < 1.29 is 9.53 Å². The number of esters is 1. The van der Waals surface area contributed by atoms with Gasteiger partial charge in [0.2, 0.25) is 0 Å². The van der Waals surface area contributed by atoms with E-state index in [9.17, 15) is 9.59 Å². The molecule has 0 saturated carbocycles. The van der Waals surface area contributed by atoms with Gasteiger partial charge in [-0.1, -0.05) is 0 Å². The first-order valence-corrected chi connectivity index (χ1v) is 5.51. The lowest BCUT2D eigenvalue weighted by Crippen LogP contribution is -2.29. The van der Waals surface area contributed by atoms with Gasteiger partial charge in [0.25, 0.3) is 5.56 Å². The van der Waals surface area contributed by atoms with Gasteiger partial charge in [0, 0.05) is 6.20 Å². The van der Waals surface area contributed by atoms with E-state index in [0.29, 0.717) is 16.0 Å². The average Bonchev–Trinajstić information content (AvgIpc) is 2.19. The number of hydrogen-bond acceptors (Lipinski definition) is 4. The van der Waals surface area contributed by atoms with Gasteiger partial charge in [-0.25, -0.2) is 4.98 Å². The highest BCUT2D eigenvalue weighted by Gasteiger charge is 2.10. The molecule has 1 rings (SSSR count). The Kier molecular flexibility index (Phi) is 4.25. The molecule has 0 aliphatic heterocycles. The molecule has 0 N–H and O–H groups in total. The van der Waals surface area contributed by atoms with Gasteiger partial charge in [0.05, 0.1) is 10.2 Å². The number of aryl methyl sites for hydroxylation is 1. The van der Waals surface area contributed by atoms with E-state index in [1.807, 2.05) is 22.6 Å². The Morgan fingerprint density at radius 1 is 1.67 bits per heavy atom. The highest BCUT2D eigenvalue weighted by atomic mass is 127. The predicted octanol–water partition coefficient (Wildman–Crippen LogP) is 0.719. The van der Waals surface area contributed by atoms with Crippen molar-refractivity contribution in [3.63, 3.8) is 0 Å². The van der Waals surface area contributed by atoms with Crippen molar-refractivity contribution in [2.24, 2.45) is 0 Å². The van der Waals surface area contributed by atoms with E-state index < -0.39 is 5.97 Å². The Hall–Kier alpha value is -0.920. The molecule has 0 radical (unpaired) electrons. The second-order valence-electron chi connectivity index (χ2n) is 2.85. The number of ether oxygens (including phenoxy) is 1. The van der Waals surface area contributed by atoms with Crippen LogP contribution in [0.5, 0.6) is 0 Å². The minimum absolute atomic E-state index is 0.0810. The fraction of sp³-hybridized carbons (Fsp3) is 0.444. The number of nitrogens with zero attached hydrogens (tertiary/aromatic N) is 2. The lowest BCUT2D eigenvalue weighted by molar-refractivity contribution is -0.143. The maximum atomic E-state index is 11.6. The molecule has 1 aromatic heterocycles. The number of hydrogen-bond donors (Lipinski definition) is 0. The fourth-order valence-electron chi connectivity index (χ4n) is 1.07. The van der Waals surface area contributed by atoms with E-state index in [1.165, 1.54) is 10.8 Å². The van der Waals surface area contributed by atoms with E-state index in [-0.39, 0.29) is 12.1 Å². The van der Waals surface area contributed by atoms with Gasteiger partial charge in [0.1, 0.15) is 12.4 Å². The smallest absolute Gasteiger partial charge is 0.326 e. The van der Waals surface area contributed by atoms with Crippen LogP contribution in [0, 0.1) is 10.5 Å². The van der Waals surface area contributed by atoms with Gasteiger partial charge in [-0.15, -0.1) is 0 Å². The van der Waals surface area contributed by atoms with Crippen molar-refractivity contribution >= 4 is 28.6 Å². The van der Waals surface area contributed by atoms with E-state index in [2.05, 4.69) is 4.98 Å². The Morgan fingerprint density at radius 3 is 2.93 bits per heavy atom. The molecule has 6 heteroatoms. The Labute approximate surface area is 101 Å². The molecule has 0 fully saturated rings. The van der Waals surface area contributed by atoms with Gasteiger partial charge in [-0.05, 0) is 36.4 Å². The van der Waals surface area contributed by atoms with Crippen LogP contribution in [-0.4, -0.2) is 22.1 Å². The van der Waals surface area contributed by atoms with Crippen LogP contribution in [0.4, 0.5) is 0 Å². The van der Waals surface area contributed by atoms with Crippen molar-refractivity contribution in [2.45, 2.75) is 20.4 Å². The van der Waals surface area contributed by atoms with Crippen LogP contribution in [0.3, 0.4) is 0 Å². The van der Waals surface area contributed by atoms with Gasteiger partial charge < -0.3 is 4.74 Å². The van der Waals surface area contributed by atoms with E-state index in [1.54, 1.807) is 13.8 Å². The van der Waals surface area contributed by atoms with Crippen LogP contribution in [0.25, 0.3) is 0 Å². The second kappa shape index (κ2) is 5.24. The van der Waals surface area contributed by atoms with E-state index in [0.717, 1.165) is 0 Å². The maximum absolute atomic E-state index is 11.6. The largest absolute Gasteiger partial charge is 0.465 e. The molecule has 0 unspecified atom stereocenters. The first-order valence-electron chi connectivity index (χ1n) is 4.43. The molecule has 0 aliphatic rings. The fourth-order valence-corrected chi connectivity index (χ4v) is 1.50. The third-order valence-electron chi connectivity index (χ3n) is 1.80. The number of carbonyl (C=O) groups excluding carboxylic acids is 1. The Bertz CT molecular complexity index is 428. The normalized spacial score (nSPS) is 10.1. The summed E-state index contributed by atoms with van der Waals surface area (Å²) in [5.74, 6) is 0.0833. The number of rotatable bonds is 3. The highest BCUT2D eigenvalue weighted by Crippen LogP contribution is 1.97. The van der Waals surface area contributed by atoms with Crippen molar-refractivity contribution in [3.8, 4) is 0 Å². The van der Waals surface area contributed by atoms with Crippen LogP contribution >= 0.6 is 22.6 Å². The predicted molar refractivity (Wildman–Crippen MR) is 62.6 cm³/mol. The van der Waals surface area contributed by atoms with Crippen LogP contribution < -0.4 is 5.56 Å². The SMILES string of the molecule is CCOC(=O)Cn1c(C)ncc(I)c1=O. The minimum Gasteiger partial charge on any atom is -0.465 e. The van der Waals surface area contributed by atoms with Crippen LogP contribution in [0.1, 0.15) is 12.7 Å². The third-order valence-corrected chi connectivity index (χ3v) is 2.54. The molecule has 0 spiro atoms. The molecule has 0 atom stereocenters. The first kappa shape index (κ1) is 12.2. The third kappa shape index (κ3) is 3.01. The number of carbonyl (C=O) groups is 1. The molecule has 0 bridgehead atoms. The summed E-state index contributed by atoms with van der Waals surface area (Å²) in [4.78, 5) is 26.9. The number of halogens is 1. The highest BCUT2D eigenvalue weighted by molar-refractivity contribution is 14.1. The Morgan fingerprint density at radius 2 is 2.33 bits per heavy atom. The van der Waals surface area contributed by atoms with E-state index >= 15 is 0 Å². The lowest BCUT2D eigenvalue weighted by Gasteiger charge is -2.08. The zero-order valence-electron chi connectivity index (χ0n) is 8.49. The molecule has 1 heterocycles. The summed E-state index contributed by atoms with van der Waals surface area (Å²) in [7, 11) is 0. The summed E-state index contributed by atoms with van der Waals surface area (Å²) in [5.41, 5.74) is -0.212. The van der Waals surface area contributed by atoms with Gasteiger partial charge in [0.15, 0.2) is 0 Å². The first-order chi connectivity index (χ1) is 7.06. The second-order valence-corrected chi connectivity index (χ2v) is 4.01. The average molecular weight is 322 g/mol. The zero-order chi connectivity index (χ0) is 11.4. The van der Waals surface area contributed by atoms with Gasteiger partial charge >= 0.3 is 5.97 Å². The summed E-state index contributed by atoms with van der Waals surface area (Å²) in [6.45, 7) is 3.63. The van der Waals surface area contributed by atoms with Crippen molar-refractivity contribution in [1.82, 2.24) is 9.55 Å². The molecular weight excluding hydrogens is 311 g/mol. The number of aromatic nitrogens is 2. The van der Waals surface area contributed by atoms with Crippen LogP contribution in [0.15, 0.2) is 11.0 Å². The van der Waals surface area contributed by atoms with Crippen molar-refractivity contribution in [2.75, 3.05) is 6.61 Å². The van der Waals surface area contributed by atoms with Crippen molar-refractivity contribution in [1.29, 1.82) is 0 Å². The molecule has 82 valence electrons. The molecule has 1 aromatic rings. The molecular formula is C9H11IN2O3. The monoisotopic (exact) mass is 322 g/mol. The summed E-state index contributed by atoms with van der Waals surface area (Å²) in [5, 5.41) is 0. The van der Waals surface area contributed by atoms with Crippen LogP contribution in [0.2, 0.25) is 0 Å². The quantitative estimate of drug-likeness (QED) is 0.608. The standard InChI is InChI=1S/C9H11IN2O3/c1-3-15-8(13)5-12-6(2)11-4-7(10)9(12)14/h4H,3,5H2,1-2H3. The lowest BCUT2D eigenvalue weighted by atomic mass is 10.5. The molecule has 0 aliphatic carbocycles. The molecule has 15 heavy (non-hydrogen) atoms. The topological polar surface area (TPSA) is 61.2 Å². The molecule has 5 nitrogen and oxygen atoms in total. The minimum atomic E-state index is -0.425. The maximum Gasteiger partial charge on any atom is 0.326 e. The van der Waals surface area contributed by atoms with Gasteiger partial charge in [-0.3, -0.25) is 14.2 Å². The summed E-state index contributed by atoms with van der Waals surface area (Å²) in [6, 6.07) is 0. The molecule has 0 amide bonds. The van der Waals surface area contributed by atoms with E-state index in [4.69, 9.17) is 4.74 Å². The van der Waals surface area contributed by atoms with Crippen LogP contribution in [-0.2, 0) is 16.1 Å². The Balaban J connectivity index is 2.99. The zero-order valence-corrected chi connectivity index (χ0v) is 10.6. The van der Waals surface area contributed by atoms with Gasteiger partial charge in [-0.2, -0.15) is 0 Å². The summed E-state index contributed by atoms with van der Waals surface area (Å²) in [6.07, 6.45) is 1.49. The molecule has 0 saturated heterocycles. The summed E-state index contributed by atoms with van der Waals surface area (Å²) >= 11 is 1.89. The molecule has 0 aromatic carbocycles.